The Labute approximate surface area is 178 Å². The largest absolute Gasteiger partial charge is 0.478 e. The van der Waals surface area contributed by atoms with Gasteiger partial charge in [0.2, 0.25) is 10.0 Å². The fraction of sp³-hybridized carbons (Fsp3) is 0.391. The number of aromatic carboxylic acids is 1. The van der Waals surface area contributed by atoms with Crippen LogP contribution in [0.2, 0.25) is 0 Å². The number of unbranched alkanes of at least 4 members (excludes halogenated alkanes) is 5. The zero-order valence-electron chi connectivity index (χ0n) is 17.5. The van der Waals surface area contributed by atoms with Crippen LogP contribution in [0.1, 0.15) is 73.1 Å². The van der Waals surface area contributed by atoms with Crippen molar-refractivity contribution in [2.24, 2.45) is 0 Å². The predicted octanol–water partition coefficient (Wildman–Crippen LogP) is 5.36. The van der Waals surface area contributed by atoms with E-state index >= 15 is 0 Å². The summed E-state index contributed by atoms with van der Waals surface area (Å²) in [5, 5.41) is 9.46. The lowest BCUT2D eigenvalue weighted by atomic mass is 9.99. The summed E-state index contributed by atoms with van der Waals surface area (Å²) in [5.74, 6) is -1.35. The maximum atomic E-state index is 12.5. The highest BCUT2D eigenvalue weighted by atomic mass is 32.2. The van der Waals surface area contributed by atoms with Crippen LogP contribution in [0.25, 0.3) is 11.1 Å². The van der Waals surface area contributed by atoms with Crippen molar-refractivity contribution in [3.05, 3.63) is 53.6 Å². The fourth-order valence-electron chi connectivity index (χ4n) is 3.20. The Balaban J connectivity index is 2.21. The molecule has 0 heterocycles. The van der Waals surface area contributed by atoms with E-state index in [1.807, 2.05) is 0 Å². The lowest BCUT2D eigenvalue weighted by Crippen LogP contribution is -2.18. The highest BCUT2D eigenvalue weighted by molar-refractivity contribution is 7.92. The van der Waals surface area contributed by atoms with Gasteiger partial charge in [-0.1, -0.05) is 63.3 Å². The van der Waals surface area contributed by atoms with Crippen molar-refractivity contribution in [3.8, 4) is 11.1 Å². The van der Waals surface area contributed by atoms with Crippen molar-refractivity contribution in [1.29, 1.82) is 0 Å². The minimum Gasteiger partial charge on any atom is -0.478 e. The number of Topliss-reactive ketones (excluding diaryl/α,β-unsaturated/α-hetero) is 1. The fourth-order valence-corrected chi connectivity index (χ4v) is 4.39. The molecule has 0 amide bonds. The van der Waals surface area contributed by atoms with Crippen molar-refractivity contribution < 1.29 is 23.1 Å². The lowest BCUT2D eigenvalue weighted by Gasteiger charge is -2.13. The Morgan fingerprint density at radius 1 is 0.933 bits per heavy atom. The molecule has 0 saturated carbocycles. The van der Waals surface area contributed by atoms with Crippen LogP contribution in [0.4, 0.5) is 5.69 Å². The number of benzene rings is 2. The number of carboxylic acids is 1. The molecule has 0 radical (unpaired) electrons. The summed E-state index contributed by atoms with van der Waals surface area (Å²) in [7, 11) is -3.67. The lowest BCUT2D eigenvalue weighted by molar-refractivity contribution is 0.0698. The van der Waals surface area contributed by atoms with Gasteiger partial charge in [0.1, 0.15) is 0 Å². The zero-order chi connectivity index (χ0) is 22.1. The Kier molecular flexibility index (Phi) is 8.59. The summed E-state index contributed by atoms with van der Waals surface area (Å²) >= 11 is 0. The van der Waals surface area contributed by atoms with Gasteiger partial charge in [-0.25, -0.2) is 13.2 Å². The minimum absolute atomic E-state index is 0.0270. The summed E-state index contributed by atoms with van der Waals surface area (Å²) < 4.78 is 27.5. The number of carbonyl (C=O) groups excluding carboxylic acids is 1. The van der Waals surface area contributed by atoms with E-state index in [2.05, 4.69) is 11.6 Å². The molecule has 6 nitrogen and oxygen atoms in total. The normalized spacial score (nSPS) is 11.3. The Hall–Kier alpha value is -2.67. The first kappa shape index (κ1) is 23.6. The Morgan fingerprint density at radius 3 is 2.27 bits per heavy atom. The molecule has 0 spiro atoms. The first-order chi connectivity index (χ1) is 14.2. The van der Waals surface area contributed by atoms with E-state index in [0.29, 0.717) is 23.1 Å². The van der Waals surface area contributed by atoms with Crippen LogP contribution in [0.5, 0.6) is 0 Å². The topological polar surface area (TPSA) is 101 Å². The van der Waals surface area contributed by atoms with Crippen LogP contribution in [-0.4, -0.2) is 31.0 Å². The monoisotopic (exact) mass is 431 g/mol. The molecular formula is C23H29NO5S. The molecule has 0 saturated heterocycles. The van der Waals surface area contributed by atoms with E-state index in [1.54, 1.807) is 30.3 Å². The van der Waals surface area contributed by atoms with Crippen molar-refractivity contribution in [2.75, 3.05) is 10.5 Å². The van der Waals surface area contributed by atoms with Gasteiger partial charge in [-0.15, -0.1) is 0 Å². The van der Waals surface area contributed by atoms with E-state index in [1.165, 1.54) is 19.1 Å². The summed E-state index contributed by atoms with van der Waals surface area (Å²) in [5.41, 5.74) is 1.77. The number of ketones is 1. The SMILES string of the molecule is CCCCCCCCS(=O)(=O)Nc1cc(-c2cccc(C(C)=O)c2)ccc1C(=O)O. The van der Waals surface area contributed by atoms with Crippen molar-refractivity contribution in [2.45, 2.75) is 52.4 Å². The number of sulfonamides is 1. The Bertz CT molecular complexity index is 998. The number of carbonyl (C=O) groups is 2. The molecule has 162 valence electrons. The van der Waals surface area contributed by atoms with Crippen LogP contribution in [0.15, 0.2) is 42.5 Å². The summed E-state index contributed by atoms with van der Waals surface area (Å²) in [4.78, 5) is 23.2. The summed E-state index contributed by atoms with van der Waals surface area (Å²) in [6.07, 6.45) is 5.71. The number of anilines is 1. The van der Waals surface area contributed by atoms with Crippen LogP contribution in [-0.2, 0) is 10.0 Å². The smallest absolute Gasteiger partial charge is 0.337 e. The third-order valence-corrected chi connectivity index (χ3v) is 6.24. The van der Waals surface area contributed by atoms with Crippen molar-refractivity contribution >= 4 is 27.5 Å². The van der Waals surface area contributed by atoms with E-state index in [9.17, 15) is 23.1 Å². The second-order valence-corrected chi connectivity index (χ2v) is 9.23. The first-order valence-electron chi connectivity index (χ1n) is 10.2. The highest BCUT2D eigenvalue weighted by Crippen LogP contribution is 2.27. The summed E-state index contributed by atoms with van der Waals surface area (Å²) in [6.45, 7) is 3.59. The molecule has 30 heavy (non-hydrogen) atoms. The van der Waals surface area contributed by atoms with Gasteiger partial charge in [-0.05, 0) is 42.7 Å². The molecule has 0 atom stereocenters. The molecule has 2 aromatic rings. The molecule has 0 aliphatic heterocycles. The molecule has 0 unspecified atom stereocenters. The van der Waals surface area contributed by atoms with E-state index in [-0.39, 0.29) is 22.8 Å². The molecule has 0 fully saturated rings. The Morgan fingerprint density at radius 2 is 1.60 bits per heavy atom. The average molecular weight is 432 g/mol. The van der Waals surface area contributed by atoms with Gasteiger partial charge in [-0.3, -0.25) is 9.52 Å². The zero-order valence-corrected chi connectivity index (χ0v) is 18.3. The maximum absolute atomic E-state index is 12.5. The van der Waals surface area contributed by atoms with E-state index < -0.39 is 16.0 Å². The molecule has 0 bridgehead atoms. The third-order valence-electron chi connectivity index (χ3n) is 4.88. The standard InChI is InChI=1S/C23H29NO5S/c1-3-4-5-6-7-8-14-30(28,29)24-22-16-20(12-13-21(22)23(26)27)19-11-9-10-18(15-19)17(2)25/h9-13,15-16,24H,3-8,14H2,1-2H3,(H,26,27). The molecule has 2 aromatic carbocycles. The predicted molar refractivity (Wildman–Crippen MR) is 120 cm³/mol. The second-order valence-electron chi connectivity index (χ2n) is 7.39. The molecule has 0 aliphatic carbocycles. The molecule has 0 aromatic heterocycles. The second kappa shape index (κ2) is 10.9. The number of carboxylic acid groups (broad SMARTS) is 1. The number of hydrogen-bond donors (Lipinski definition) is 2. The van der Waals surface area contributed by atoms with Crippen molar-refractivity contribution in [3.63, 3.8) is 0 Å². The molecule has 7 heteroatoms. The third kappa shape index (κ3) is 6.99. The molecule has 0 aliphatic rings. The van der Waals surface area contributed by atoms with Crippen LogP contribution >= 0.6 is 0 Å². The number of rotatable bonds is 12. The number of hydrogen-bond acceptors (Lipinski definition) is 4. The van der Waals surface area contributed by atoms with Crippen molar-refractivity contribution in [1.82, 2.24) is 0 Å². The van der Waals surface area contributed by atoms with Crippen LogP contribution < -0.4 is 4.72 Å². The average Bonchev–Trinajstić information content (AvgIpc) is 2.70. The first-order valence-corrected chi connectivity index (χ1v) is 11.9. The van der Waals surface area contributed by atoms with E-state index in [0.717, 1.165) is 32.1 Å². The summed E-state index contributed by atoms with van der Waals surface area (Å²) in [6, 6.07) is 11.4. The van der Waals surface area contributed by atoms with Crippen LogP contribution in [0.3, 0.4) is 0 Å². The van der Waals surface area contributed by atoms with Gasteiger partial charge in [0.15, 0.2) is 5.78 Å². The van der Waals surface area contributed by atoms with Gasteiger partial charge in [0, 0.05) is 5.56 Å². The van der Waals surface area contributed by atoms with Gasteiger partial charge >= 0.3 is 5.97 Å². The molecule has 2 N–H and O–H groups in total. The maximum Gasteiger partial charge on any atom is 0.337 e. The molecule has 2 rings (SSSR count). The molecular weight excluding hydrogens is 402 g/mol. The minimum atomic E-state index is -3.67. The quantitative estimate of drug-likeness (QED) is 0.348. The van der Waals surface area contributed by atoms with Gasteiger partial charge in [0.05, 0.1) is 17.0 Å². The van der Waals surface area contributed by atoms with Crippen LogP contribution in [0, 0.1) is 0 Å². The van der Waals surface area contributed by atoms with Gasteiger partial charge in [0.25, 0.3) is 0 Å². The van der Waals surface area contributed by atoms with E-state index in [4.69, 9.17) is 0 Å². The van der Waals surface area contributed by atoms with Gasteiger partial charge in [-0.2, -0.15) is 0 Å². The highest BCUT2D eigenvalue weighted by Gasteiger charge is 2.17. The van der Waals surface area contributed by atoms with Gasteiger partial charge < -0.3 is 5.11 Å². The number of nitrogens with one attached hydrogen (secondary N) is 1.